The minimum Gasteiger partial charge on any atom is -0.477 e. The first kappa shape index (κ1) is 11.8. The first-order valence-corrected chi connectivity index (χ1v) is 4.81. The highest BCUT2D eigenvalue weighted by molar-refractivity contribution is 5.90. The van der Waals surface area contributed by atoms with E-state index in [0.717, 1.165) is 15.2 Å². The van der Waals surface area contributed by atoms with Crippen LogP contribution in [0.25, 0.3) is 11.1 Å². The summed E-state index contributed by atoms with van der Waals surface area (Å²) in [7, 11) is 2.56. The first-order chi connectivity index (χ1) is 8.34. The van der Waals surface area contributed by atoms with Crippen molar-refractivity contribution in [2.45, 2.75) is 0 Å². The van der Waals surface area contributed by atoms with E-state index in [1.54, 1.807) is 0 Å². The summed E-state index contributed by atoms with van der Waals surface area (Å²) in [5.41, 5.74) is -3.41. The van der Waals surface area contributed by atoms with Gasteiger partial charge in [-0.1, -0.05) is 0 Å². The molecule has 0 aliphatic carbocycles. The highest BCUT2D eigenvalue weighted by Crippen LogP contribution is 2.06. The standard InChI is InChI=1S/C10H8N2O6/c1-11-6(13)4-3-5(8(14)15)9(16)18-7(4)12(2)10(11)17/h3H,1-2H3,(H,14,15). The maximum Gasteiger partial charge on any atom is 0.352 e. The summed E-state index contributed by atoms with van der Waals surface area (Å²) in [4.78, 5) is 45.5. The maximum atomic E-state index is 11.8. The highest BCUT2D eigenvalue weighted by Gasteiger charge is 2.17. The average Bonchev–Trinajstić information content (AvgIpc) is 2.33. The molecule has 0 aliphatic rings. The van der Waals surface area contributed by atoms with Crippen LogP contribution in [0.1, 0.15) is 10.4 Å². The molecule has 0 unspecified atom stereocenters. The molecule has 0 radical (unpaired) electrons. The smallest absolute Gasteiger partial charge is 0.352 e. The van der Waals surface area contributed by atoms with Gasteiger partial charge < -0.3 is 9.52 Å². The molecule has 0 atom stereocenters. The van der Waals surface area contributed by atoms with E-state index in [9.17, 15) is 19.2 Å². The number of fused-ring (bicyclic) bond motifs is 1. The molecule has 0 bridgehead atoms. The summed E-state index contributed by atoms with van der Waals surface area (Å²) < 4.78 is 6.48. The molecule has 0 saturated carbocycles. The normalized spacial score (nSPS) is 10.8. The Morgan fingerprint density at radius 1 is 1.22 bits per heavy atom. The molecule has 18 heavy (non-hydrogen) atoms. The van der Waals surface area contributed by atoms with Gasteiger partial charge in [0.1, 0.15) is 10.9 Å². The lowest BCUT2D eigenvalue weighted by molar-refractivity contribution is 0.0692. The fourth-order valence-corrected chi connectivity index (χ4v) is 1.59. The van der Waals surface area contributed by atoms with Crippen molar-refractivity contribution in [2.75, 3.05) is 0 Å². The molecular weight excluding hydrogens is 244 g/mol. The van der Waals surface area contributed by atoms with E-state index >= 15 is 0 Å². The fraction of sp³-hybridized carbons (Fsp3) is 0.200. The van der Waals surface area contributed by atoms with Crippen LogP contribution in [-0.2, 0) is 14.1 Å². The van der Waals surface area contributed by atoms with Gasteiger partial charge >= 0.3 is 17.3 Å². The van der Waals surface area contributed by atoms with Gasteiger partial charge in [-0.15, -0.1) is 0 Å². The number of nitrogens with zero attached hydrogens (tertiary/aromatic N) is 2. The van der Waals surface area contributed by atoms with Crippen LogP contribution in [0.3, 0.4) is 0 Å². The largest absolute Gasteiger partial charge is 0.477 e. The van der Waals surface area contributed by atoms with E-state index in [-0.39, 0.29) is 11.1 Å². The van der Waals surface area contributed by atoms with Crippen molar-refractivity contribution in [2.24, 2.45) is 14.1 Å². The lowest BCUT2D eigenvalue weighted by Crippen LogP contribution is -2.37. The number of carboxylic acids is 1. The van der Waals surface area contributed by atoms with Crippen molar-refractivity contribution in [3.05, 3.63) is 42.9 Å². The fourth-order valence-electron chi connectivity index (χ4n) is 1.59. The second-order valence-corrected chi connectivity index (χ2v) is 3.68. The lowest BCUT2D eigenvalue weighted by atomic mass is 10.2. The molecule has 8 heteroatoms. The summed E-state index contributed by atoms with van der Waals surface area (Å²) in [6.45, 7) is 0. The number of aromatic nitrogens is 2. The molecule has 0 amide bonds. The van der Waals surface area contributed by atoms with Crippen molar-refractivity contribution >= 4 is 17.1 Å². The van der Waals surface area contributed by atoms with Crippen LogP contribution in [0, 0.1) is 0 Å². The minimum absolute atomic E-state index is 0.142. The van der Waals surface area contributed by atoms with E-state index < -0.39 is 28.4 Å². The highest BCUT2D eigenvalue weighted by atomic mass is 16.4. The van der Waals surface area contributed by atoms with E-state index in [4.69, 9.17) is 9.52 Å². The molecule has 94 valence electrons. The Labute approximate surface area is 98.3 Å². The van der Waals surface area contributed by atoms with Crippen LogP contribution in [0.5, 0.6) is 0 Å². The summed E-state index contributed by atoms with van der Waals surface area (Å²) in [6.07, 6.45) is 0. The summed E-state index contributed by atoms with van der Waals surface area (Å²) in [6, 6.07) is 0.908. The molecule has 8 nitrogen and oxygen atoms in total. The third-order valence-corrected chi connectivity index (χ3v) is 2.57. The van der Waals surface area contributed by atoms with Crippen molar-refractivity contribution in [1.29, 1.82) is 0 Å². The second kappa shape index (κ2) is 3.69. The summed E-state index contributed by atoms with van der Waals surface area (Å²) in [5, 5.41) is 8.63. The third kappa shape index (κ3) is 1.46. The number of aryl methyl sites for hydroxylation is 1. The number of hydrogen-bond donors (Lipinski definition) is 1. The zero-order valence-electron chi connectivity index (χ0n) is 9.46. The van der Waals surface area contributed by atoms with Crippen LogP contribution in [0.4, 0.5) is 0 Å². The quantitative estimate of drug-likeness (QED) is 0.688. The summed E-state index contributed by atoms with van der Waals surface area (Å²) in [5.74, 6) is -1.50. The molecule has 2 aromatic heterocycles. The molecule has 0 fully saturated rings. The number of carboxylic acid groups (broad SMARTS) is 1. The van der Waals surface area contributed by atoms with Crippen LogP contribution < -0.4 is 16.9 Å². The molecule has 2 heterocycles. The Hall–Kier alpha value is -2.64. The number of carbonyl (C=O) groups is 1. The van der Waals surface area contributed by atoms with Crippen molar-refractivity contribution in [3.63, 3.8) is 0 Å². The maximum absolute atomic E-state index is 11.8. The molecule has 2 aromatic rings. The van der Waals surface area contributed by atoms with E-state index in [1.165, 1.54) is 14.1 Å². The Kier molecular flexibility index (Phi) is 2.43. The van der Waals surface area contributed by atoms with Crippen LogP contribution in [0.2, 0.25) is 0 Å². The lowest BCUT2D eigenvalue weighted by Gasteiger charge is -2.05. The predicted molar refractivity (Wildman–Crippen MR) is 59.9 cm³/mol. The molecule has 1 N–H and O–H groups in total. The Morgan fingerprint density at radius 3 is 2.39 bits per heavy atom. The van der Waals surface area contributed by atoms with Crippen molar-refractivity contribution in [3.8, 4) is 0 Å². The number of rotatable bonds is 1. The Bertz CT molecular complexity index is 838. The monoisotopic (exact) mass is 252 g/mol. The molecule has 0 saturated heterocycles. The molecule has 0 aromatic carbocycles. The molecule has 2 rings (SSSR count). The van der Waals surface area contributed by atoms with Crippen molar-refractivity contribution < 1.29 is 14.3 Å². The van der Waals surface area contributed by atoms with Gasteiger partial charge in [0.2, 0.25) is 5.71 Å². The SMILES string of the molecule is Cn1c(=O)c2cc(C(=O)O)c(=O)oc2n(C)c1=O. The molecule has 0 spiro atoms. The topological polar surface area (TPSA) is 112 Å². The van der Waals surface area contributed by atoms with Gasteiger partial charge in [0.25, 0.3) is 5.56 Å². The zero-order chi connectivity index (χ0) is 13.6. The number of hydrogen-bond acceptors (Lipinski definition) is 5. The number of aromatic carboxylic acids is 1. The van der Waals surface area contributed by atoms with E-state index in [1.807, 2.05) is 0 Å². The molecule has 0 aliphatic heterocycles. The Morgan fingerprint density at radius 2 is 1.83 bits per heavy atom. The van der Waals surface area contributed by atoms with Gasteiger partial charge in [0, 0.05) is 14.1 Å². The van der Waals surface area contributed by atoms with Gasteiger partial charge in [-0.25, -0.2) is 14.4 Å². The van der Waals surface area contributed by atoms with Gasteiger partial charge in [-0.05, 0) is 6.07 Å². The van der Waals surface area contributed by atoms with Crippen LogP contribution in [0.15, 0.2) is 24.9 Å². The van der Waals surface area contributed by atoms with Gasteiger partial charge in [0.05, 0.1) is 0 Å². The summed E-state index contributed by atoms with van der Waals surface area (Å²) >= 11 is 0. The van der Waals surface area contributed by atoms with E-state index in [2.05, 4.69) is 0 Å². The van der Waals surface area contributed by atoms with Gasteiger partial charge in [-0.2, -0.15) is 0 Å². The van der Waals surface area contributed by atoms with Crippen LogP contribution >= 0.6 is 0 Å². The van der Waals surface area contributed by atoms with Gasteiger partial charge in [-0.3, -0.25) is 13.9 Å². The third-order valence-electron chi connectivity index (χ3n) is 2.57. The second-order valence-electron chi connectivity index (χ2n) is 3.68. The average molecular weight is 252 g/mol. The van der Waals surface area contributed by atoms with E-state index in [0.29, 0.717) is 0 Å². The Balaban J connectivity index is 3.14. The zero-order valence-corrected chi connectivity index (χ0v) is 9.46. The first-order valence-electron chi connectivity index (χ1n) is 4.81. The van der Waals surface area contributed by atoms with Crippen LogP contribution in [-0.4, -0.2) is 20.2 Å². The predicted octanol–water partition coefficient (Wildman–Crippen LogP) is -1.11. The molecular formula is C10H8N2O6. The van der Waals surface area contributed by atoms with Crippen molar-refractivity contribution in [1.82, 2.24) is 9.13 Å². The van der Waals surface area contributed by atoms with Gasteiger partial charge in [0.15, 0.2) is 0 Å². The minimum atomic E-state index is -1.50.